The van der Waals surface area contributed by atoms with Gasteiger partial charge in [-0.1, -0.05) is 18.2 Å². The summed E-state index contributed by atoms with van der Waals surface area (Å²) in [6.07, 6.45) is 1.04. The van der Waals surface area contributed by atoms with Crippen molar-refractivity contribution in [1.29, 1.82) is 0 Å². The maximum atomic E-state index is 9.35. The summed E-state index contributed by atoms with van der Waals surface area (Å²) in [5.74, 6) is 0. The minimum atomic E-state index is -4.30. The number of hydrogen-bond donors (Lipinski definition) is 3. The van der Waals surface area contributed by atoms with Crippen molar-refractivity contribution in [1.82, 2.24) is 0 Å². The molecule has 0 spiro atoms. The van der Waals surface area contributed by atoms with Crippen molar-refractivity contribution in [3.63, 3.8) is 0 Å². The number of benzene rings is 1. The normalized spacial score (nSPS) is 14.1. The van der Waals surface area contributed by atoms with Crippen molar-refractivity contribution in [3.8, 4) is 0 Å². The molecule has 13 heavy (non-hydrogen) atoms. The van der Waals surface area contributed by atoms with Crippen LogP contribution in [0.2, 0.25) is 0 Å². The van der Waals surface area contributed by atoms with Gasteiger partial charge in [0.25, 0.3) is 0 Å². The first-order valence-electron chi connectivity index (χ1n) is 3.49. The summed E-state index contributed by atoms with van der Waals surface area (Å²) in [5.41, 5.74) is 0.675. The minimum Gasteiger partial charge on any atom is -1.00 e. The summed E-state index contributed by atoms with van der Waals surface area (Å²) in [4.78, 5) is 0.203. The maximum Gasteiger partial charge on any atom is 0.167 e. The fraction of sp³-hybridized carbons (Fsp3) is 0.250. The van der Waals surface area contributed by atoms with E-state index in [0.29, 0.717) is 5.56 Å². The van der Waals surface area contributed by atoms with Gasteiger partial charge < -0.3 is 12.4 Å². The van der Waals surface area contributed by atoms with Crippen LogP contribution >= 0.6 is 0 Å². The third kappa shape index (κ3) is 3.17. The Morgan fingerprint density at radius 2 is 1.54 bits per heavy atom. The Morgan fingerprint density at radius 1 is 1.08 bits per heavy atom. The zero-order chi connectivity index (χ0) is 9.43. The van der Waals surface area contributed by atoms with E-state index in [1.54, 1.807) is 25.1 Å². The SMILES string of the molecule is Cc1ccccc1[S+](C)(O)(O)O.[Cl-]. The molecule has 76 valence electrons. The number of rotatable bonds is 1. The third-order valence-corrected chi connectivity index (χ3v) is 3.10. The van der Waals surface area contributed by atoms with Crippen LogP contribution in [0.15, 0.2) is 29.2 Å². The molecule has 3 N–H and O–H groups in total. The van der Waals surface area contributed by atoms with E-state index in [0.717, 1.165) is 6.26 Å². The Labute approximate surface area is 84.4 Å². The van der Waals surface area contributed by atoms with Crippen molar-refractivity contribution in [3.05, 3.63) is 29.8 Å². The molecule has 0 fully saturated rings. The van der Waals surface area contributed by atoms with Gasteiger partial charge in [0, 0.05) is 5.56 Å². The van der Waals surface area contributed by atoms with Crippen LogP contribution in [0.25, 0.3) is 0 Å². The minimum absolute atomic E-state index is 0. The molecule has 0 atom stereocenters. The highest BCUT2D eigenvalue weighted by molar-refractivity contribution is 8.15. The van der Waals surface area contributed by atoms with Crippen LogP contribution in [0.1, 0.15) is 5.56 Å². The van der Waals surface area contributed by atoms with Gasteiger partial charge in [0.1, 0.15) is 16.3 Å². The molecule has 0 amide bonds. The van der Waals surface area contributed by atoms with E-state index in [1.165, 1.54) is 6.07 Å². The van der Waals surface area contributed by atoms with Crippen molar-refractivity contribution in [2.45, 2.75) is 11.8 Å². The second kappa shape index (κ2) is 3.48. The Balaban J connectivity index is 0.00000144. The lowest BCUT2D eigenvalue weighted by Crippen LogP contribution is -3.00. The van der Waals surface area contributed by atoms with Crippen LogP contribution in [-0.4, -0.2) is 19.9 Å². The van der Waals surface area contributed by atoms with Gasteiger partial charge in [0.15, 0.2) is 4.90 Å². The summed E-state index contributed by atoms with van der Waals surface area (Å²) < 4.78 is 28.1. The molecule has 0 radical (unpaired) electrons. The first kappa shape index (κ1) is 12.7. The van der Waals surface area contributed by atoms with E-state index >= 15 is 0 Å². The molecule has 1 aromatic rings. The van der Waals surface area contributed by atoms with Gasteiger partial charge in [-0.05, 0) is 13.0 Å². The molecule has 0 saturated heterocycles. The molecular formula is C8H13ClO3S. The second-order valence-electron chi connectivity index (χ2n) is 3.04. The maximum absolute atomic E-state index is 9.35. The molecule has 0 saturated carbocycles. The van der Waals surface area contributed by atoms with Gasteiger partial charge in [-0.2, -0.15) is 0 Å². The molecule has 3 nitrogen and oxygen atoms in total. The molecule has 1 rings (SSSR count). The first-order chi connectivity index (χ1) is 5.27. The van der Waals surface area contributed by atoms with Gasteiger partial charge in [-0.3, -0.25) is 0 Å². The highest BCUT2D eigenvalue weighted by Gasteiger charge is 2.40. The van der Waals surface area contributed by atoms with E-state index in [1.807, 2.05) is 0 Å². The van der Waals surface area contributed by atoms with Crippen LogP contribution < -0.4 is 12.4 Å². The quantitative estimate of drug-likeness (QED) is 0.542. The topological polar surface area (TPSA) is 60.7 Å². The van der Waals surface area contributed by atoms with Crippen molar-refractivity contribution >= 4 is 10.0 Å². The molecule has 1 aromatic carbocycles. The Kier molecular flexibility index (Phi) is 3.41. The zero-order valence-corrected chi connectivity index (χ0v) is 9.01. The smallest absolute Gasteiger partial charge is 0.167 e. The number of hydrogen-bond acceptors (Lipinski definition) is 3. The molecule has 5 heteroatoms. The summed E-state index contributed by atoms with van der Waals surface area (Å²) >= 11 is 0. The molecule has 0 heterocycles. The van der Waals surface area contributed by atoms with Gasteiger partial charge in [0.05, 0.1) is 0 Å². The second-order valence-corrected chi connectivity index (χ2v) is 6.02. The van der Waals surface area contributed by atoms with Gasteiger partial charge in [-0.15, -0.1) is 0 Å². The van der Waals surface area contributed by atoms with Gasteiger partial charge in [-0.25, -0.2) is 13.7 Å². The van der Waals surface area contributed by atoms with E-state index in [2.05, 4.69) is 0 Å². The van der Waals surface area contributed by atoms with Gasteiger partial charge in [0.2, 0.25) is 0 Å². The van der Waals surface area contributed by atoms with Gasteiger partial charge >= 0.3 is 0 Å². The van der Waals surface area contributed by atoms with E-state index in [9.17, 15) is 13.7 Å². The average molecular weight is 225 g/mol. The highest BCUT2D eigenvalue weighted by atomic mass is 35.5. The van der Waals surface area contributed by atoms with E-state index in [4.69, 9.17) is 0 Å². The monoisotopic (exact) mass is 224 g/mol. The largest absolute Gasteiger partial charge is 1.00 e. The zero-order valence-electron chi connectivity index (χ0n) is 7.44. The molecule has 0 aliphatic carbocycles. The molecule has 0 aromatic heterocycles. The third-order valence-electron chi connectivity index (χ3n) is 1.61. The lowest BCUT2D eigenvalue weighted by molar-refractivity contribution is -0.00000924. The summed E-state index contributed by atoms with van der Waals surface area (Å²) in [7, 11) is -4.30. The fourth-order valence-electron chi connectivity index (χ4n) is 1.09. The van der Waals surface area contributed by atoms with Crippen LogP contribution in [0.3, 0.4) is 0 Å². The van der Waals surface area contributed by atoms with E-state index < -0.39 is 10.0 Å². The Hall–Kier alpha value is -0.260. The molecule has 0 aliphatic heterocycles. The number of aryl methyl sites for hydroxylation is 1. The predicted molar refractivity (Wildman–Crippen MR) is 50.6 cm³/mol. The van der Waals surface area contributed by atoms with Crippen LogP contribution in [0.4, 0.5) is 0 Å². The first-order valence-corrected chi connectivity index (χ1v) is 5.81. The summed E-state index contributed by atoms with van der Waals surface area (Å²) in [6.45, 7) is 1.72. The van der Waals surface area contributed by atoms with Crippen molar-refractivity contribution in [2.75, 3.05) is 6.26 Å². The number of halogens is 1. The van der Waals surface area contributed by atoms with Crippen LogP contribution in [-0.2, 0) is 10.0 Å². The summed E-state index contributed by atoms with van der Waals surface area (Å²) in [6, 6.07) is 6.66. The standard InChI is InChI=1S/C8H13O3S.ClH/c1-7-5-3-4-6-8(7)12(2,9,10)11;/h3-6,9-11H,1-2H3;1H/q+1;/p-1. The van der Waals surface area contributed by atoms with E-state index in [-0.39, 0.29) is 17.3 Å². The lowest BCUT2D eigenvalue weighted by Gasteiger charge is -2.31. The van der Waals surface area contributed by atoms with Crippen molar-refractivity contribution < 1.29 is 26.1 Å². The van der Waals surface area contributed by atoms with Crippen LogP contribution in [0.5, 0.6) is 0 Å². The molecule has 0 aliphatic rings. The predicted octanol–water partition coefficient (Wildman–Crippen LogP) is -0.904. The molecule has 0 bridgehead atoms. The Bertz CT molecular complexity index is 297. The fourth-order valence-corrected chi connectivity index (χ4v) is 2.31. The average Bonchev–Trinajstić information content (AvgIpc) is 1.84. The molecular weight excluding hydrogens is 212 g/mol. The van der Waals surface area contributed by atoms with Crippen molar-refractivity contribution in [2.24, 2.45) is 0 Å². The molecule has 0 unspecified atom stereocenters. The highest BCUT2D eigenvalue weighted by Crippen LogP contribution is 2.34. The van der Waals surface area contributed by atoms with Crippen LogP contribution in [0, 0.1) is 6.92 Å². The summed E-state index contributed by atoms with van der Waals surface area (Å²) in [5, 5.41) is 0. The lowest BCUT2D eigenvalue weighted by atomic mass is 10.2. The Morgan fingerprint density at radius 3 is 1.85 bits per heavy atom.